The van der Waals surface area contributed by atoms with E-state index in [4.69, 9.17) is 0 Å². The first-order valence-electron chi connectivity index (χ1n) is 10.1. The SMILES string of the molecule is CN(C)c1ccc(NC(=O)CN2CCN(Cc3csc4ccccc34)CC2)cc1. The van der Waals surface area contributed by atoms with Crippen molar-refractivity contribution in [2.75, 3.05) is 57.0 Å². The van der Waals surface area contributed by atoms with Crippen LogP contribution >= 0.6 is 11.3 Å². The van der Waals surface area contributed by atoms with Crippen LogP contribution < -0.4 is 10.2 Å². The van der Waals surface area contributed by atoms with Gasteiger partial charge in [0, 0.05) is 62.9 Å². The Hall–Kier alpha value is -2.41. The Morgan fingerprint density at radius 1 is 1.00 bits per heavy atom. The van der Waals surface area contributed by atoms with E-state index in [0.29, 0.717) is 6.54 Å². The molecule has 0 atom stereocenters. The molecular weight excluding hydrogens is 380 g/mol. The first-order chi connectivity index (χ1) is 14.1. The molecule has 5 nitrogen and oxygen atoms in total. The van der Waals surface area contributed by atoms with Crippen molar-refractivity contribution in [3.05, 3.63) is 59.5 Å². The van der Waals surface area contributed by atoms with Crippen molar-refractivity contribution in [1.29, 1.82) is 0 Å². The zero-order valence-corrected chi connectivity index (χ0v) is 17.9. The van der Waals surface area contributed by atoms with Gasteiger partial charge in [-0.25, -0.2) is 0 Å². The van der Waals surface area contributed by atoms with Crippen LogP contribution in [0.25, 0.3) is 10.1 Å². The first-order valence-corrected chi connectivity index (χ1v) is 10.9. The second kappa shape index (κ2) is 8.95. The number of anilines is 2. The van der Waals surface area contributed by atoms with E-state index in [1.54, 1.807) is 0 Å². The Balaban J connectivity index is 1.24. The molecule has 29 heavy (non-hydrogen) atoms. The van der Waals surface area contributed by atoms with E-state index in [1.807, 2.05) is 54.6 Å². The van der Waals surface area contributed by atoms with Crippen LogP contribution in [0.15, 0.2) is 53.9 Å². The lowest BCUT2D eigenvalue weighted by Crippen LogP contribution is -2.48. The highest BCUT2D eigenvalue weighted by atomic mass is 32.1. The van der Waals surface area contributed by atoms with E-state index in [1.165, 1.54) is 15.6 Å². The number of piperazine rings is 1. The van der Waals surface area contributed by atoms with Gasteiger partial charge in [-0.05, 0) is 46.7 Å². The fraction of sp³-hybridized carbons (Fsp3) is 0.348. The Morgan fingerprint density at radius 3 is 2.41 bits per heavy atom. The average molecular weight is 409 g/mol. The Morgan fingerprint density at radius 2 is 1.69 bits per heavy atom. The molecule has 1 aliphatic rings. The van der Waals surface area contributed by atoms with E-state index in [9.17, 15) is 4.79 Å². The van der Waals surface area contributed by atoms with Gasteiger partial charge in [0.1, 0.15) is 0 Å². The van der Waals surface area contributed by atoms with Crippen LogP contribution in [0.4, 0.5) is 11.4 Å². The summed E-state index contributed by atoms with van der Waals surface area (Å²) in [4.78, 5) is 19.2. The molecule has 0 bridgehead atoms. The second-order valence-electron chi connectivity index (χ2n) is 7.80. The van der Waals surface area contributed by atoms with Gasteiger partial charge in [-0.3, -0.25) is 14.6 Å². The van der Waals surface area contributed by atoms with Crippen LogP contribution in [0.5, 0.6) is 0 Å². The number of hydrogen-bond donors (Lipinski definition) is 1. The van der Waals surface area contributed by atoms with Crippen LogP contribution in [0.3, 0.4) is 0 Å². The zero-order valence-electron chi connectivity index (χ0n) is 17.1. The summed E-state index contributed by atoms with van der Waals surface area (Å²) in [6, 6.07) is 16.6. The van der Waals surface area contributed by atoms with Gasteiger partial charge in [0.2, 0.25) is 5.91 Å². The van der Waals surface area contributed by atoms with E-state index in [0.717, 1.165) is 44.1 Å². The van der Waals surface area contributed by atoms with Gasteiger partial charge in [-0.15, -0.1) is 11.3 Å². The smallest absolute Gasteiger partial charge is 0.238 e. The number of hydrogen-bond acceptors (Lipinski definition) is 5. The van der Waals surface area contributed by atoms with E-state index < -0.39 is 0 Å². The summed E-state index contributed by atoms with van der Waals surface area (Å²) in [5.74, 6) is 0.0554. The minimum absolute atomic E-state index is 0.0554. The van der Waals surface area contributed by atoms with Crippen LogP contribution in [0.1, 0.15) is 5.56 Å². The molecule has 1 N–H and O–H groups in total. The molecule has 1 aliphatic heterocycles. The highest BCUT2D eigenvalue weighted by Crippen LogP contribution is 2.27. The Labute approximate surface area is 176 Å². The first kappa shape index (κ1) is 19.9. The maximum Gasteiger partial charge on any atom is 0.238 e. The summed E-state index contributed by atoms with van der Waals surface area (Å²) in [6.45, 7) is 5.28. The van der Waals surface area contributed by atoms with Gasteiger partial charge in [0.25, 0.3) is 0 Å². The standard InChI is InChI=1S/C23H28N4OS/c1-25(2)20-9-7-19(8-10-20)24-23(28)16-27-13-11-26(12-14-27)15-18-17-29-22-6-4-3-5-21(18)22/h3-10,17H,11-16H2,1-2H3,(H,24,28). The molecule has 2 heterocycles. The number of nitrogens with one attached hydrogen (secondary N) is 1. The lowest BCUT2D eigenvalue weighted by molar-refractivity contribution is -0.117. The molecule has 2 aromatic carbocycles. The van der Waals surface area contributed by atoms with Gasteiger partial charge in [0.15, 0.2) is 0 Å². The van der Waals surface area contributed by atoms with Crippen molar-refractivity contribution in [2.24, 2.45) is 0 Å². The third-order valence-corrected chi connectivity index (χ3v) is 6.47. The van der Waals surface area contributed by atoms with E-state index in [2.05, 4.69) is 44.8 Å². The van der Waals surface area contributed by atoms with Crippen molar-refractivity contribution in [3.8, 4) is 0 Å². The maximum atomic E-state index is 12.4. The molecule has 0 unspecified atom stereocenters. The molecule has 1 saturated heterocycles. The second-order valence-corrected chi connectivity index (χ2v) is 8.71. The highest BCUT2D eigenvalue weighted by molar-refractivity contribution is 7.17. The number of nitrogens with zero attached hydrogens (tertiary/aromatic N) is 3. The third-order valence-electron chi connectivity index (χ3n) is 5.45. The molecule has 152 valence electrons. The van der Waals surface area contributed by atoms with Crippen molar-refractivity contribution in [1.82, 2.24) is 9.80 Å². The number of carbonyl (C=O) groups is 1. The predicted octanol–water partition coefficient (Wildman–Crippen LogP) is 3.72. The molecule has 0 aliphatic carbocycles. The molecule has 3 aromatic rings. The summed E-state index contributed by atoms with van der Waals surface area (Å²) in [5, 5.41) is 6.67. The number of carbonyl (C=O) groups excluding carboxylic acids is 1. The van der Waals surface area contributed by atoms with Crippen LogP contribution in [-0.4, -0.2) is 62.5 Å². The summed E-state index contributed by atoms with van der Waals surface area (Å²) in [5.41, 5.74) is 3.39. The highest BCUT2D eigenvalue weighted by Gasteiger charge is 2.20. The van der Waals surface area contributed by atoms with E-state index in [-0.39, 0.29) is 5.91 Å². The summed E-state index contributed by atoms with van der Waals surface area (Å²) in [6.07, 6.45) is 0. The number of benzene rings is 2. The molecule has 6 heteroatoms. The van der Waals surface area contributed by atoms with Gasteiger partial charge >= 0.3 is 0 Å². The Kier molecular flexibility index (Phi) is 6.13. The molecule has 0 saturated carbocycles. The van der Waals surface area contributed by atoms with Crippen molar-refractivity contribution < 1.29 is 4.79 Å². The van der Waals surface area contributed by atoms with Gasteiger partial charge < -0.3 is 10.2 Å². The molecule has 1 aromatic heterocycles. The maximum absolute atomic E-state index is 12.4. The normalized spacial score (nSPS) is 15.5. The molecular formula is C23H28N4OS. The Bertz CT molecular complexity index is 958. The number of thiophene rings is 1. The average Bonchev–Trinajstić information content (AvgIpc) is 3.13. The molecule has 0 spiro atoms. The molecule has 1 fully saturated rings. The summed E-state index contributed by atoms with van der Waals surface area (Å²) in [7, 11) is 4.02. The quantitative estimate of drug-likeness (QED) is 0.675. The number of fused-ring (bicyclic) bond motifs is 1. The number of amides is 1. The third kappa shape index (κ3) is 4.96. The van der Waals surface area contributed by atoms with Crippen molar-refractivity contribution in [2.45, 2.75) is 6.54 Å². The number of rotatable bonds is 6. The largest absolute Gasteiger partial charge is 0.378 e. The summed E-state index contributed by atoms with van der Waals surface area (Å²) < 4.78 is 1.36. The van der Waals surface area contributed by atoms with Gasteiger partial charge in [0.05, 0.1) is 6.54 Å². The van der Waals surface area contributed by atoms with Gasteiger partial charge in [-0.2, -0.15) is 0 Å². The minimum Gasteiger partial charge on any atom is -0.378 e. The predicted molar refractivity (Wildman–Crippen MR) is 123 cm³/mol. The van der Waals surface area contributed by atoms with Crippen molar-refractivity contribution in [3.63, 3.8) is 0 Å². The minimum atomic E-state index is 0.0554. The van der Waals surface area contributed by atoms with Crippen LogP contribution in [0.2, 0.25) is 0 Å². The van der Waals surface area contributed by atoms with Crippen LogP contribution in [-0.2, 0) is 11.3 Å². The van der Waals surface area contributed by atoms with Crippen LogP contribution in [0, 0.1) is 0 Å². The monoisotopic (exact) mass is 408 g/mol. The topological polar surface area (TPSA) is 38.8 Å². The lowest BCUT2D eigenvalue weighted by Gasteiger charge is -2.34. The lowest BCUT2D eigenvalue weighted by atomic mass is 10.1. The van der Waals surface area contributed by atoms with E-state index >= 15 is 0 Å². The fourth-order valence-electron chi connectivity index (χ4n) is 3.75. The van der Waals surface area contributed by atoms with Gasteiger partial charge in [-0.1, -0.05) is 18.2 Å². The fourth-order valence-corrected chi connectivity index (χ4v) is 4.70. The summed E-state index contributed by atoms with van der Waals surface area (Å²) >= 11 is 1.82. The molecule has 4 rings (SSSR count). The molecule has 1 amide bonds. The molecule has 0 radical (unpaired) electrons. The zero-order chi connectivity index (χ0) is 20.2. The van der Waals surface area contributed by atoms with Crippen molar-refractivity contribution >= 4 is 38.7 Å².